The molecule has 4 rings (SSSR count). The summed E-state index contributed by atoms with van der Waals surface area (Å²) in [4.78, 5) is 17.2. The molecule has 1 aromatic heterocycles. The molecule has 0 spiro atoms. The van der Waals surface area contributed by atoms with E-state index < -0.39 is 0 Å². The van der Waals surface area contributed by atoms with Crippen LogP contribution in [0.4, 0.5) is 4.79 Å². The second kappa shape index (κ2) is 5.39. The lowest BCUT2D eigenvalue weighted by Gasteiger charge is -2.42. The summed E-state index contributed by atoms with van der Waals surface area (Å²) in [6, 6.07) is 3.29. The molecule has 1 unspecified atom stereocenters. The van der Waals surface area contributed by atoms with E-state index in [1.807, 2.05) is 6.26 Å². The standard InChI is InChI=1S/C17H24N2O2/c20-17(18-7-2-1-3-8-18)19-15-4-5-16(19)11-14(10-15)13-6-9-21-12-13/h6,9,12,14-16H,1-5,7-8,10-11H2/t14?,15-,16+. The highest BCUT2D eigenvalue weighted by atomic mass is 16.3. The van der Waals surface area contributed by atoms with Gasteiger partial charge in [-0.3, -0.25) is 0 Å². The van der Waals surface area contributed by atoms with Crippen LogP contribution in [0.1, 0.15) is 56.4 Å². The highest BCUT2D eigenvalue weighted by Crippen LogP contribution is 2.43. The topological polar surface area (TPSA) is 36.7 Å². The molecule has 0 radical (unpaired) electrons. The molecule has 0 aliphatic carbocycles. The van der Waals surface area contributed by atoms with Crippen LogP contribution in [0.25, 0.3) is 0 Å². The number of likely N-dealkylation sites (tertiary alicyclic amines) is 1. The maximum absolute atomic E-state index is 12.8. The van der Waals surface area contributed by atoms with Gasteiger partial charge in [-0.2, -0.15) is 0 Å². The van der Waals surface area contributed by atoms with Crippen LogP contribution < -0.4 is 0 Å². The summed E-state index contributed by atoms with van der Waals surface area (Å²) in [5.41, 5.74) is 1.32. The van der Waals surface area contributed by atoms with Gasteiger partial charge in [-0.05, 0) is 62.5 Å². The molecule has 2 amide bonds. The molecule has 4 nitrogen and oxygen atoms in total. The second-order valence-corrected chi connectivity index (χ2v) is 6.85. The van der Waals surface area contributed by atoms with Crippen LogP contribution in [0, 0.1) is 0 Å². The molecular weight excluding hydrogens is 264 g/mol. The number of fused-ring (bicyclic) bond motifs is 2. The Morgan fingerprint density at radius 3 is 2.43 bits per heavy atom. The average molecular weight is 288 g/mol. The zero-order valence-electron chi connectivity index (χ0n) is 12.5. The molecule has 3 aliphatic rings. The van der Waals surface area contributed by atoms with Crippen molar-refractivity contribution in [1.29, 1.82) is 0 Å². The largest absolute Gasteiger partial charge is 0.472 e. The first-order valence-corrected chi connectivity index (χ1v) is 8.42. The van der Waals surface area contributed by atoms with Gasteiger partial charge in [0.25, 0.3) is 0 Å². The Hall–Kier alpha value is -1.45. The second-order valence-electron chi connectivity index (χ2n) is 6.85. The van der Waals surface area contributed by atoms with Crippen LogP contribution in [0.15, 0.2) is 23.0 Å². The molecule has 3 atom stereocenters. The molecule has 3 aliphatic heterocycles. The van der Waals surface area contributed by atoms with E-state index in [-0.39, 0.29) is 0 Å². The van der Waals surface area contributed by atoms with Crippen molar-refractivity contribution in [2.45, 2.75) is 62.9 Å². The highest BCUT2D eigenvalue weighted by Gasteiger charge is 2.45. The Morgan fingerprint density at radius 1 is 1.10 bits per heavy atom. The minimum absolute atomic E-state index is 0.313. The predicted molar refractivity (Wildman–Crippen MR) is 80.2 cm³/mol. The van der Waals surface area contributed by atoms with Gasteiger partial charge in [-0.1, -0.05) is 0 Å². The van der Waals surface area contributed by atoms with Crippen LogP contribution in [0.5, 0.6) is 0 Å². The van der Waals surface area contributed by atoms with Gasteiger partial charge < -0.3 is 14.2 Å². The molecule has 0 N–H and O–H groups in total. The third-order valence-corrected chi connectivity index (χ3v) is 5.60. The molecular formula is C17H24N2O2. The minimum Gasteiger partial charge on any atom is -0.472 e. The first kappa shape index (κ1) is 13.2. The summed E-state index contributed by atoms with van der Waals surface area (Å²) < 4.78 is 5.24. The normalized spacial score (nSPS) is 32.5. The number of nitrogens with zero attached hydrogens (tertiary/aromatic N) is 2. The van der Waals surface area contributed by atoms with Gasteiger partial charge in [0, 0.05) is 25.2 Å². The molecule has 1 aromatic rings. The maximum atomic E-state index is 12.8. The molecule has 2 bridgehead atoms. The van der Waals surface area contributed by atoms with Gasteiger partial charge in [0.15, 0.2) is 0 Å². The number of rotatable bonds is 1. The fraction of sp³-hybridized carbons (Fsp3) is 0.706. The molecule has 4 heteroatoms. The van der Waals surface area contributed by atoms with Crippen LogP contribution in [-0.4, -0.2) is 41.0 Å². The summed E-state index contributed by atoms with van der Waals surface area (Å²) in [7, 11) is 0. The SMILES string of the molecule is O=C(N1CCCCC1)N1[C@@H]2CC[C@H]1CC(c1ccoc1)C2. The van der Waals surface area contributed by atoms with Crippen molar-refractivity contribution in [3.05, 3.63) is 24.2 Å². The number of hydrogen-bond donors (Lipinski definition) is 0. The monoisotopic (exact) mass is 288 g/mol. The number of urea groups is 1. The third-order valence-electron chi connectivity index (χ3n) is 5.60. The summed E-state index contributed by atoms with van der Waals surface area (Å²) in [5.74, 6) is 0.576. The number of carbonyl (C=O) groups is 1. The van der Waals surface area contributed by atoms with Crippen molar-refractivity contribution < 1.29 is 9.21 Å². The fourth-order valence-electron chi connectivity index (χ4n) is 4.52. The first-order chi connectivity index (χ1) is 10.3. The zero-order valence-corrected chi connectivity index (χ0v) is 12.5. The van der Waals surface area contributed by atoms with Crippen molar-refractivity contribution in [3.8, 4) is 0 Å². The van der Waals surface area contributed by atoms with E-state index in [1.54, 1.807) is 6.26 Å². The van der Waals surface area contributed by atoms with Gasteiger partial charge in [0.2, 0.25) is 0 Å². The first-order valence-electron chi connectivity index (χ1n) is 8.42. The molecule has 3 fully saturated rings. The van der Waals surface area contributed by atoms with Crippen molar-refractivity contribution in [3.63, 3.8) is 0 Å². The molecule has 21 heavy (non-hydrogen) atoms. The van der Waals surface area contributed by atoms with Crippen molar-refractivity contribution in [2.75, 3.05) is 13.1 Å². The number of amides is 2. The summed E-state index contributed by atoms with van der Waals surface area (Å²) in [5, 5.41) is 0. The quantitative estimate of drug-likeness (QED) is 0.791. The Labute approximate surface area is 126 Å². The Kier molecular flexibility index (Phi) is 3.40. The fourth-order valence-corrected chi connectivity index (χ4v) is 4.52. The molecule has 0 saturated carbocycles. The van der Waals surface area contributed by atoms with Gasteiger partial charge >= 0.3 is 6.03 Å². The van der Waals surface area contributed by atoms with Crippen LogP contribution >= 0.6 is 0 Å². The van der Waals surface area contributed by atoms with Gasteiger partial charge in [-0.15, -0.1) is 0 Å². The minimum atomic E-state index is 0.313. The lowest BCUT2D eigenvalue weighted by molar-refractivity contribution is 0.0990. The number of hydrogen-bond acceptors (Lipinski definition) is 2. The van der Waals surface area contributed by atoms with E-state index in [0.29, 0.717) is 24.0 Å². The smallest absolute Gasteiger partial charge is 0.320 e. The van der Waals surface area contributed by atoms with E-state index >= 15 is 0 Å². The molecule has 4 heterocycles. The van der Waals surface area contributed by atoms with Crippen molar-refractivity contribution in [2.24, 2.45) is 0 Å². The lowest BCUT2D eigenvalue weighted by atomic mass is 9.86. The Morgan fingerprint density at radius 2 is 1.81 bits per heavy atom. The van der Waals surface area contributed by atoms with Crippen molar-refractivity contribution in [1.82, 2.24) is 9.80 Å². The van der Waals surface area contributed by atoms with Crippen LogP contribution in [-0.2, 0) is 0 Å². The van der Waals surface area contributed by atoms with Crippen LogP contribution in [0.2, 0.25) is 0 Å². The maximum Gasteiger partial charge on any atom is 0.320 e. The van der Waals surface area contributed by atoms with Gasteiger partial charge in [0.05, 0.1) is 12.5 Å². The van der Waals surface area contributed by atoms with Gasteiger partial charge in [0.1, 0.15) is 0 Å². The molecule has 114 valence electrons. The van der Waals surface area contributed by atoms with E-state index in [1.165, 1.54) is 37.7 Å². The average Bonchev–Trinajstić information content (AvgIpc) is 3.14. The predicted octanol–water partition coefficient (Wildman–Crippen LogP) is 3.60. The Bertz CT molecular complexity index is 479. The van der Waals surface area contributed by atoms with E-state index in [0.717, 1.165) is 25.9 Å². The molecule has 3 saturated heterocycles. The molecule has 0 aromatic carbocycles. The summed E-state index contributed by atoms with van der Waals surface area (Å²) >= 11 is 0. The Balaban J connectivity index is 1.47. The van der Waals surface area contributed by atoms with E-state index in [4.69, 9.17) is 4.42 Å². The van der Waals surface area contributed by atoms with Crippen molar-refractivity contribution >= 4 is 6.03 Å². The van der Waals surface area contributed by atoms with Gasteiger partial charge in [-0.25, -0.2) is 4.79 Å². The number of piperidine rings is 2. The number of furan rings is 1. The van der Waals surface area contributed by atoms with Crippen LogP contribution in [0.3, 0.4) is 0 Å². The third kappa shape index (κ3) is 2.34. The summed E-state index contributed by atoms with van der Waals surface area (Å²) in [6.07, 6.45) is 11.8. The highest BCUT2D eigenvalue weighted by molar-refractivity contribution is 5.76. The summed E-state index contributed by atoms with van der Waals surface area (Å²) in [6.45, 7) is 1.92. The van der Waals surface area contributed by atoms with E-state index in [2.05, 4.69) is 15.9 Å². The number of carbonyl (C=O) groups excluding carboxylic acids is 1. The lowest BCUT2D eigenvalue weighted by Crippen LogP contribution is -2.52. The van der Waals surface area contributed by atoms with E-state index in [9.17, 15) is 4.79 Å². The zero-order chi connectivity index (χ0) is 14.2.